The topological polar surface area (TPSA) is 86.7 Å². The second-order valence-electron chi connectivity index (χ2n) is 6.40. The summed E-state index contributed by atoms with van der Waals surface area (Å²) in [7, 11) is 0. The van der Waals surface area contributed by atoms with Crippen molar-refractivity contribution in [3.05, 3.63) is 29.8 Å². The molecule has 1 heterocycles. The number of carboxylic acids is 1. The van der Waals surface area contributed by atoms with Gasteiger partial charge in [0, 0.05) is 24.2 Å². The average Bonchev–Trinajstić information content (AvgIpc) is 2.54. The Kier molecular flexibility index (Phi) is 8.06. The molecule has 2 atom stereocenters. The first-order valence-corrected chi connectivity index (χ1v) is 8.24. The van der Waals surface area contributed by atoms with Crippen LogP contribution in [0.3, 0.4) is 0 Å². The van der Waals surface area contributed by atoms with Crippen LogP contribution in [0.5, 0.6) is 0 Å². The molecule has 0 saturated carbocycles. The highest BCUT2D eigenvalue weighted by Crippen LogP contribution is 2.22. The van der Waals surface area contributed by atoms with Crippen molar-refractivity contribution < 1.29 is 19.5 Å². The number of anilines is 1. The van der Waals surface area contributed by atoms with Gasteiger partial charge in [0.15, 0.2) is 5.78 Å². The highest BCUT2D eigenvalue weighted by atomic mass is 35.5. The molecule has 1 aliphatic heterocycles. The van der Waals surface area contributed by atoms with Gasteiger partial charge in [-0.25, -0.2) is 0 Å². The molecule has 1 fully saturated rings. The number of carbonyl (C=O) groups excluding carboxylic acids is 2. The second kappa shape index (κ2) is 9.53. The van der Waals surface area contributed by atoms with Crippen LogP contribution in [-0.4, -0.2) is 46.8 Å². The van der Waals surface area contributed by atoms with Gasteiger partial charge in [-0.1, -0.05) is 0 Å². The number of rotatable bonds is 6. The minimum atomic E-state index is -0.787. The molecule has 1 aliphatic rings. The van der Waals surface area contributed by atoms with E-state index in [4.69, 9.17) is 5.11 Å². The number of halogens is 1. The Bertz CT molecular complexity index is 618. The summed E-state index contributed by atoms with van der Waals surface area (Å²) in [4.78, 5) is 36.6. The van der Waals surface area contributed by atoms with Crippen molar-refractivity contribution in [3.8, 4) is 0 Å². The van der Waals surface area contributed by atoms with E-state index < -0.39 is 5.97 Å². The molecule has 0 radical (unpaired) electrons. The lowest BCUT2D eigenvalue weighted by Crippen LogP contribution is -2.47. The molecule has 2 N–H and O–H groups in total. The summed E-state index contributed by atoms with van der Waals surface area (Å²) in [5, 5.41) is 11.8. The molecule has 0 aromatic heterocycles. The van der Waals surface area contributed by atoms with Crippen LogP contribution < -0.4 is 5.32 Å². The summed E-state index contributed by atoms with van der Waals surface area (Å²) < 4.78 is 0. The van der Waals surface area contributed by atoms with Gasteiger partial charge in [-0.3, -0.25) is 19.3 Å². The summed E-state index contributed by atoms with van der Waals surface area (Å²) in [5.41, 5.74) is 1.25. The molecule has 2 unspecified atom stereocenters. The van der Waals surface area contributed by atoms with Crippen LogP contribution in [0.1, 0.15) is 43.5 Å². The molecule has 1 aromatic rings. The van der Waals surface area contributed by atoms with Crippen molar-refractivity contribution in [2.75, 3.05) is 18.4 Å². The lowest BCUT2D eigenvalue weighted by molar-refractivity contribution is -0.138. The summed E-state index contributed by atoms with van der Waals surface area (Å²) in [6, 6.07) is 6.48. The monoisotopic (exact) mass is 368 g/mol. The molecular weight excluding hydrogens is 344 g/mol. The van der Waals surface area contributed by atoms with Crippen LogP contribution in [0.25, 0.3) is 0 Å². The smallest absolute Gasteiger partial charge is 0.303 e. The first kappa shape index (κ1) is 21.1. The molecule has 1 saturated heterocycles. The van der Waals surface area contributed by atoms with Crippen LogP contribution in [0.15, 0.2) is 24.3 Å². The molecule has 0 aliphatic carbocycles. The number of carboxylic acid groups (broad SMARTS) is 1. The SMILES string of the molecule is CC(=O)c1ccc(NC(=O)C(C)N2CCCC(CC(=O)O)C2)cc1.Cl. The van der Waals surface area contributed by atoms with Gasteiger partial charge in [-0.2, -0.15) is 0 Å². The minimum absolute atomic E-state index is 0. The number of benzene rings is 1. The van der Waals surface area contributed by atoms with Gasteiger partial charge in [0.2, 0.25) is 5.91 Å². The third-order valence-corrected chi connectivity index (χ3v) is 4.50. The largest absolute Gasteiger partial charge is 0.481 e. The van der Waals surface area contributed by atoms with E-state index in [1.54, 1.807) is 24.3 Å². The van der Waals surface area contributed by atoms with E-state index in [9.17, 15) is 14.4 Å². The van der Waals surface area contributed by atoms with Crippen LogP contribution in [0.2, 0.25) is 0 Å². The van der Waals surface area contributed by atoms with Gasteiger partial charge < -0.3 is 10.4 Å². The van der Waals surface area contributed by atoms with E-state index in [0.717, 1.165) is 19.4 Å². The molecule has 7 heteroatoms. The Morgan fingerprint density at radius 3 is 2.48 bits per heavy atom. The molecule has 0 bridgehead atoms. The Hall–Kier alpha value is -1.92. The van der Waals surface area contributed by atoms with E-state index in [-0.39, 0.29) is 42.5 Å². The van der Waals surface area contributed by atoms with Crippen LogP contribution in [0.4, 0.5) is 5.69 Å². The van der Waals surface area contributed by atoms with E-state index in [0.29, 0.717) is 17.8 Å². The van der Waals surface area contributed by atoms with E-state index in [1.807, 2.05) is 11.8 Å². The number of hydrogen-bond acceptors (Lipinski definition) is 4. The maximum atomic E-state index is 12.4. The Morgan fingerprint density at radius 1 is 1.28 bits per heavy atom. The number of aliphatic carboxylic acids is 1. The highest BCUT2D eigenvalue weighted by Gasteiger charge is 2.28. The van der Waals surface area contributed by atoms with Gasteiger partial charge in [-0.05, 0) is 63.4 Å². The summed E-state index contributed by atoms with van der Waals surface area (Å²) in [6.07, 6.45) is 1.95. The average molecular weight is 369 g/mol. The first-order valence-electron chi connectivity index (χ1n) is 8.24. The molecule has 25 heavy (non-hydrogen) atoms. The predicted octanol–water partition coefficient (Wildman–Crippen LogP) is 2.82. The van der Waals surface area contributed by atoms with Crippen molar-refractivity contribution >= 4 is 35.8 Å². The quantitative estimate of drug-likeness (QED) is 0.754. The van der Waals surface area contributed by atoms with E-state index in [2.05, 4.69) is 5.32 Å². The number of nitrogens with one attached hydrogen (secondary N) is 1. The number of carbonyl (C=O) groups is 3. The van der Waals surface area contributed by atoms with Crippen molar-refractivity contribution in [2.24, 2.45) is 5.92 Å². The molecular formula is C18H25ClN2O4. The second-order valence-corrected chi connectivity index (χ2v) is 6.40. The van der Waals surface area contributed by atoms with Gasteiger partial charge in [-0.15, -0.1) is 12.4 Å². The van der Waals surface area contributed by atoms with Crippen molar-refractivity contribution in [1.29, 1.82) is 0 Å². The molecule has 138 valence electrons. The summed E-state index contributed by atoms with van der Waals surface area (Å²) >= 11 is 0. The number of ketones is 1. The fourth-order valence-corrected chi connectivity index (χ4v) is 3.06. The van der Waals surface area contributed by atoms with Crippen LogP contribution in [0, 0.1) is 5.92 Å². The van der Waals surface area contributed by atoms with E-state index >= 15 is 0 Å². The Balaban J connectivity index is 0.00000312. The molecule has 2 rings (SSSR count). The standard InChI is InChI=1S/C18H24N2O4.ClH/c1-12(20-9-3-4-14(11-20)10-17(22)23)18(24)19-16-7-5-15(6-8-16)13(2)21;/h5-8,12,14H,3-4,9-11H2,1-2H3,(H,19,24)(H,22,23);1H. The van der Waals surface area contributed by atoms with Crippen LogP contribution >= 0.6 is 12.4 Å². The van der Waals surface area contributed by atoms with Gasteiger partial charge >= 0.3 is 5.97 Å². The first-order chi connectivity index (χ1) is 11.4. The van der Waals surface area contributed by atoms with Gasteiger partial charge in [0.25, 0.3) is 0 Å². The maximum absolute atomic E-state index is 12.4. The Morgan fingerprint density at radius 2 is 1.92 bits per heavy atom. The zero-order chi connectivity index (χ0) is 17.7. The van der Waals surface area contributed by atoms with E-state index in [1.165, 1.54) is 6.92 Å². The number of piperidine rings is 1. The zero-order valence-electron chi connectivity index (χ0n) is 14.5. The normalized spacial score (nSPS) is 18.7. The number of nitrogens with zero attached hydrogens (tertiary/aromatic N) is 1. The summed E-state index contributed by atoms with van der Waals surface area (Å²) in [6.45, 7) is 4.76. The van der Waals surface area contributed by atoms with Crippen molar-refractivity contribution in [1.82, 2.24) is 4.90 Å². The van der Waals surface area contributed by atoms with Crippen molar-refractivity contribution in [2.45, 2.75) is 39.2 Å². The molecule has 1 aromatic carbocycles. The fourth-order valence-electron chi connectivity index (χ4n) is 3.06. The molecule has 6 nitrogen and oxygen atoms in total. The molecule has 1 amide bonds. The minimum Gasteiger partial charge on any atom is -0.481 e. The lowest BCUT2D eigenvalue weighted by atomic mass is 9.94. The van der Waals surface area contributed by atoms with Gasteiger partial charge in [0.05, 0.1) is 6.04 Å². The zero-order valence-corrected chi connectivity index (χ0v) is 15.3. The number of likely N-dealkylation sites (tertiary alicyclic amines) is 1. The Labute approximate surface area is 154 Å². The number of hydrogen-bond donors (Lipinski definition) is 2. The summed E-state index contributed by atoms with van der Waals surface area (Å²) in [5.74, 6) is -0.827. The number of amides is 1. The van der Waals surface area contributed by atoms with Gasteiger partial charge in [0.1, 0.15) is 0 Å². The maximum Gasteiger partial charge on any atom is 0.303 e. The fraction of sp³-hybridized carbons (Fsp3) is 0.500. The predicted molar refractivity (Wildman–Crippen MR) is 98.3 cm³/mol. The molecule has 0 spiro atoms. The van der Waals surface area contributed by atoms with Crippen LogP contribution in [-0.2, 0) is 9.59 Å². The third kappa shape index (κ3) is 6.14. The van der Waals surface area contributed by atoms with Crippen molar-refractivity contribution in [3.63, 3.8) is 0 Å². The number of Topliss-reactive ketones (excluding diaryl/α,β-unsaturated/α-hetero) is 1. The lowest BCUT2D eigenvalue weighted by Gasteiger charge is -2.35. The highest BCUT2D eigenvalue weighted by molar-refractivity contribution is 5.97. The third-order valence-electron chi connectivity index (χ3n) is 4.50.